The van der Waals surface area contributed by atoms with Crippen LogP contribution >= 0.6 is 23.8 Å². The number of ether oxygens (including phenoxy) is 1. The number of rotatable bonds is 7. The lowest BCUT2D eigenvalue weighted by molar-refractivity contribution is -0.121. The number of carbonyl (C=O) groups excluding carboxylic acids is 1. The summed E-state index contributed by atoms with van der Waals surface area (Å²) in [6, 6.07) is 14.8. The molecule has 0 aliphatic rings. The van der Waals surface area contributed by atoms with Gasteiger partial charge < -0.3 is 10.1 Å². The molecule has 0 radical (unpaired) electrons. The standard InChI is InChI=1S/C20H21ClN4O2S/c1-13(15-4-3-5-16(21)12-15)22-18(26)10-11-25-19(23-24-20(25)28)14-6-8-17(27-2)9-7-14/h3-9,12-13H,10-11H2,1-2H3,(H,22,26)(H,24,28)/t13-/m0/s1. The molecule has 1 amide bonds. The molecule has 6 nitrogen and oxygen atoms in total. The average Bonchev–Trinajstić information content (AvgIpc) is 3.07. The van der Waals surface area contributed by atoms with Crippen LogP contribution in [0.5, 0.6) is 5.75 Å². The van der Waals surface area contributed by atoms with Crippen LogP contribution in [0.2, 0.25) is 5.02 Å². The van der Waals surface area contributed by atoms with Gasteiger partial charge >= 0.3 is 0 Å². The number of hydrogen-bond donors (Lipinski definition) is 2. The molecule has 1 atom stereocenters. The topological polar surface area (TPSA) is 71.9 Å². The van der Waals surface area contributed by atoms with Gasteiger partial charge in [0, 0.05) is 23.6 Å². The van der Waals surface area contributed by atoms with Gasteiger partial charge in [0.1, 0.15) is 5.75 Å². The number of hydrogen-bond acceptors (Lipinski definition) is 4. The third-order valence-corrected chi connectivity index (χ3v) is 4.94. The molecule has 8 heteroatoms. The lowest BCUT2D eigenvalue weighted by Crippen LogP contribution is -2.27. The monoisotopic (exact) mass is 416 g/mol. The SMILES string of the molecule is COc1ccc(-c2n[nH]c(=S)n2CCC(=O)N[C@@H](C)c2cccc(Cl)c2)cc1. The highest BCUT2D eigenvalue weighted by atomic mass is 35.5. The molecule has 0 saturated heterocycles. The maximum atomic E-state index is 12.4. The largest absolute Gasteiger partial charge is 0.497 e. The molecule has 0 saturated carbocycles. The van der Waals surface area contributed by atoms with Crippen LogP contribution in [-0.4, -0.2) is 27.8 Å². The first-order valence-electron chi connectivity index (χ1n) is 8.82. The van der Waals surface area contributed by atoms with Gasteiger partial charge in [-0.05, 0) is 61.1 Å². The highest BCUT2D eigenvalue weighted by Crippen LogP contribution is 2.21. The first-order valence-corrected chi connectivity index (χ1v) is 9.61. The Morgan fingerprint density at radius 1 is 1.32 bits per heavy atom. The second-order valence-corrected chi connectivity index (χ2v) is 7.15. The smallest absolute Gasteiger partial charge is 0.222 e. The van der Waals surface area contributed by atoms with Crippen molar-refractivity contribution < 1.29 is 9.53 Å². The Kier molecular flexibility index (Phi) is 6.49. The second-order valence-electron chi connectivity index (χ2n) is 6.33. The third-order valence-electron chi connectivity index (χ3n) is 4.40. The quantitative estimate of drug-likeness (QED) is 0.555. The van der Waals surface area contributed by atoms with E-state index in [9.17, 15) is 4.79 Å². The van der Waals surface area contributed by atoms with Crippen LogP contribution in [0.15, 0.2) is 48.5 Å². The zero-order chi connectivity index (χ0) is 20.1. The van der Waals surface area contributed by atoms with Crippen molar-refractivity contribution in [3.8, 4) is 17.1 Å². The van der Waals surface area contributed by atoms with Gasteiger partial charge in [-0.25, -0.2) is 0 Å². The number of H-pyrrole nitrogens is 1. The van der Waals surface area contributed by atoms with Crippen molar-refractivity contribution in [3.63, 3.8) is 0 Å². The number of nitrogens with zero attached hydrogens (tertiary/aromatic N) is 2. The first kappa shape index (κ1) is 20.1. The minimum absolute atomic E-state index is 0.0729. The summed E-state index contributed by atoms with van der Waals surface area (Å²) in [5.74, 6) is 1.37. The number of carbonyl (C=O) groups is 1. The summed E-state index contributed by atoms with van der Waals surface area (Å²) in [7, 11) is 1.62. The third kappa shape index (κ3) is 4.79. The Morgan fingerprint density at radius 3 is 2.75 bits per heavy atom. The van der Waals surface area contributed by atoms with Gasteiger partial charge in [0.05, 0.1) is 13.2 Å². The fourth-order valence-corrected chi connectivity index (χ4v) is 3.29. The van der Waals surface area contributed by atoms with Crippen molar-refractivity contribution in [1.82, 2.24) is 20.1 Å². The summed E-state index contributed by atoms with van der Waals surface area (Å²) in [5, 5.41) is 10.7. The minimum atomic E-state index is -0.135. The Labute approximate surface area is 173 Å². The average molecular weight is 417 g/mol. The molecule has 3 rings (SSSR count). The second kappa shape index (κ2) is 9.03. The van der Waals surface area contributed by atoms with Crippen LogP contribution in [0.1, 0.15) is 24.9 Å². The minimum Gasteiger partial charge on any atom is -0.497 e. The lowest BCUT2D eigenvalue weighted by Gasteiger charge is -2.15. The van der Waals surface area contributed by atoms with E-state index in [2.05, 4.69) is 15.5 Å². The van der Waals surface area contributed by atoms with E-state index in [1.54, 1.807) is 13.2 Å². The van der Waals surface area contributed by atoms with Crippen molar-refractivity contribution >= 4 is 29.7 Å². The van der Waals surface area contributed by atoms with Crippen molar-refractivity contribution in [2.24, 2.45) is 0 Å². The molecule has 0 spiro atoms. The van der Waals surface area contributed by atoms with Crippen LogP contribution in [0, 0.1) is 4.77 Å². The van der Waals surface area contributed by atoms with E-state index in [-0.39, 0.29) is 18.4 Å². The predicted molar refractivity (Wildman–Crippen MR) is 112 cm³/mol. The Morgan fingerprint density at radius 2 is 2.07 bits per heavy atom. The molecule has 28 heavy (non-hydrogen) atoms. The van der Waals surface area contributed by atoms with E-state index >= 15 is 0 Å². The number of benzene rings is 2. The molecular formula is C20H21ClN4O2S. The van der Waals surface area contributed by atoms with Gasteiger partial charge in [-0.2, -0.15) is 5.10 Å². The van der Waals surface area contributed by atoms with E-state index < -0.39 is 0 Å². The van der Waals surface area contributed by atoms with Crippen molar-refractivity contribution in [3.05, 3.63) is 63.9 Å². The van der Waals surface area contributed by atoms with Gasteiger partial charge in [0.2, 0.25) is 5.91 Å². The molecule has 0 aliphatic heterocycles. The Bertz CT molecular complexity index is 1010. The lowest BCUT2D eigenvalue weighted by atomic mass is 10.1. The van der Waals surface area contributed by atoms with Gasteiger partial charge in [-0.3, -0.25) is 14.5 Å². The molecule has 0 aliphatic carbocycles. The molecule has 0 bridgehead atoms. The number of nitrogens with one attached hydrogen (secondary N) is 2. The summed E-state index contributed by atoms with van der Waals surface area (Å²) < 4.78 is 7.48. The highest BCUT2D eigenvalue weighted by molar-refractivity contribution is 7.71. The number of methoxy groups -OCH3 is 1. The van der Waals surface area contributed by atoms with E-state index in [0.717, 1.165) is 16.9 Å². The van der Waals surface area contributed by atoms with E-state index in [1.807, 2.05) is 54.0 Å². The zero-order valence-electron chi connectivity index (χ0n) is 15.6. The summed E-state index contributed by atoms with van der Waals surface area (Å²) in [5.41, 5.74) is 1.85. The Hall–Kier alpha value is -2.64. The molecule has 0 unspecified atom stereocenters. The van der Waals surface area contributed by atoms with E-state index in [1.165, 1.54) is 0 Å². The molecule has 1 heterocycles. The summed E-state index contributed by atoms with van der Waals surface area (Å²) in [6.45, 7) is 2.35. The van der Waals surface area contributed by atoms with Crippen molar-refractivity contribution in [2.75, 3.05) is 7.11 Å². The van der Waals surface area contributed by atoms with Gasteiger partial charge in [-0.1, -0.05) is 23.7 Å². The fourth-order valence-electron chi connectivity index (χ4n) is 2.87. The summed E-state index contributed by atoms with van der Waals surface area (Å²) >= 11 is 11.3. The summed E-state index contributed by atoms with van der Waals surface area (Å²) in [6.07, 6.45) is 0.280. The van der Waals surface area contributed by atoms with Crippen LogP contribution in [0.3, 0.4) is 0 Å². The number of aromatic amines is 1. The number of amides is 1. The van der Waals surface area contributed by atoms with E-state index in [4.69, 9.17) is 28.6 Å². The van der Waals surface area contributed by atoms with Gasteiger partial charge in [0.25, 0.3) is 0 Å². The molecular weight excluding hydrogens is 396 g/mol. The molecule has 2 N–H and O–H groups in total. The number of halogens is 1. The van der Waals surface area contributed by atoms with Crippen molar-refractivity contribution in [2.45, 2.75) is 25.9 Å². The molecule has 3 aromatic rings. The highest BCUT2D eigenvalue weighted by Gasteiger charge is 2.13. The number of aromatic nitrogens is 3. The van der Waals surface area contributed by atoms with Gasteiger partial charge in [-0.15, -0.1) is 0 Å². The molecule has 2 aromatic carbocycles. The Balaban J connectivity index is 1.66. The van der Waals surface area contributed by atoms with Crippen LogP contribution < -0.4 is 10.1 Å². The summed E-state index contributed by atoms with van der Waals surface area (Å²) in [4.78, 5) is 12.4. The fraction of sp³-hybridized carbons (Fsp3) is 0.250. The van der Waals surface area contributed by atoms with Crippen molar-refractivity contribution in [1.29, 1.82) is 0 Å². The van der Waals surface area contributed by atoms with Crippen LogP contribution in [0.4, 0.5) is 0 Å². The predicted octanol–water partition coefficient (Wildman–Crippen LogP) is 4.54. The van der Waals surface area contributed by atoms with E-state index in [0.29, 0.717) is 22.2 Å². The molecule has 1 aromatic heterocycles. The molecule has 146 valence electrons. The normalized spacial score (nSPS) is 11.8. The first-order chi connectivity index (χ1) is 13.5. The van der Waals surface area contributed by atoms with Crippen LogP contribution in [-0.2, 0) is 11.3 Å². The maximum Gasteiger partial charge on any atom is 0.222 e. The maximum absolute atomic E-state index is 12.4. The zero-order valence-corrected chi connectivity index (χ0v) is 17.2. The molecule has 0 fully saturated rings. The van der Waals surface area contributed by atoms with Crippen LogP contribution in [0.25, 0.3) is 11.4 Å². The van der Waals surface area contributed by atoms with Gasteiger partial charge in [0.15, 0.2) is 10.6 Å².